The number of halogens is 1. The van der Waals surface area contributed by atoms with Crippen molar-refractivity contribution < 1.29 is 23.5 Å². The second-order valence-electron chi connectivity index (χ2n) is 7.12. The van der Waals surface area contributed by atoms with Gasteiger partial charge >= 0.3 is 12.2 Å². The molecule has 6 nitrogen and oxygen atoms in total. The lowest BCUT2D eigenvalue weighted by molar-refractivity contribution is 0.0275. The van der Waals surface area contributed by atoms with Gasteiger partial charge in [0.15, 0.2) is 0 Å². The molecule has 1 aromatic rings. The standard InChI is InChI=1S/C18H25FN2O4/c1-18(2,3)25-17(23)21-10-14(19)15(11-21)20(4)16(22)24-12-13-8-6-5-7-9-13/h5-9,14-15H,10-12H2,1-4H3/t14-,15+/m1/s1. The minimum absolute atomic E-state index is 0.0764. The maximum atomic E-state index is 14.3. The highest BCUT2D eigenvalue weighted by Gasteiger charge is 2.41. The van der Waals surface area contributed by atoms with Gasteiger partial charge in [0.1, 0.15) is 18.4 Å². The van der Waals surface area contributed by atoms with E-state index >= 15 is 0 Å². The first-order valence-electron chi connectivity index (χ1n) is 8.23. The Morgan fingerprint density at radius 2 is 1.88 bits per heavy atom. The number of nitrogens with zero attached hydrogens (tertiary/aromatic N) is 2. The second kappa shape index (κ2) is 7.72. The molecule has 2 amide bonds. The highest BCUT2D eigenvalue weighted by atomic mass is 19.1. The Labute approximate surface area is 147 Å². The van der Waals surface area contributed by atoms with Crippen LogP contribution in [0.25, 0.3) is 0 Å². The molecule has 1 aliphatic rings. The van der Waals surface area contributed by atoms with E-state index in [1.807, 2.05) is 30.3 Å². The summed E-state index contributed by atoms with van der Waals surface area (Å²) in [5.74, 6) is 0. The van der Waals surface area contributed by atoms with E-state index in [9.17, 15) is 14.0 Å². The monoisotopic (exact) mass is 352 g/mol. The van der Waals surface area contributed by atoms with Crippen LogP contribution in [0.3, 0.4) is 0 Å². The van der Waals surface area contributed by atoms with Crippen molar-refractivity contribution in [2.24, 2.45) is 0 Å². The third-order valence-corrected chi connectivity index (χ3v) is 3.86. The number of likely N-dealkylation sites (tertiary alicyclic amines) is 1. The summed E-state index contributed by atoms with van der Waals surface area (Å²) in [4.78, 5) is 26.7. The number of likely N-dealkylation sites (N-methyl/N-ethyl adjacent to an activating group) is 1. The summed E-state index contributed by atoms with van der Waals surface area (Å²) in [7, 11) is 1.48. The van der Waals surface area contributed by atoms with Gasteiger partial charge in [-0.25, -0.2) is 14.0 Å². The molecule has 7 heteroatoms. The fourth-order valence-electron chi connectivity index (χ4n) is 2.54. The molecule has 1 fully saturated rings. The van der Waals surface area contributed by atoms with Crippen molar-refractivity contribution in [2.75, 3.05) is 20.1 Å². The van der Waals surface area contributed by atoms with Crippen molar-refractivity contribution in [1.29, 1.82) is 0 Å². The second-order valence-corrected chi connectivity index (χ2v) is 7.12. The fraction of sp³-hybridized carbons (Fsp3) is 0.556. The maximum absolute atomic E-state index is 14.3. The van der Waals surface area contributed by atoms with E-state index in [2.05, 4.69) is 0 Å². The maximum Gasteiger partial charge on any atom is 0.410 e. The lowest BCUT2D eigenvalue weighted by Crippen LogP contribution is -2.43. The van der Waals surface area contributed by atoms with Gasteiger partial charge in [-0.2, -0.15) is 0 Å². The Kier molecular flexibility index (Phi) is 5.87. The van der Waals surface area contributed by atoms with Crippen molar-refractivity contribution in [3.05, 3.63) is 35.9 Å². The zero-order valence-corrected chi connectivity index (χ0v) is 15.1. The van der Waals surface area contributed by atoms with E-state index in [1.54, 1.807) is 20.8 Å². The quantitative estimate of drug-likeness (QED) is 0.838. The van der Waals surface area contributed by atoms with Gasteiger partial charge in [-0.15, -0.1) is 0 Å². The van der Waals surface area contributed by atoms with Gasteiger partial charge in [-0.1, -0.05) is 30.3 Å². The molecule has 0 unspecified atom stereocenters. The van der Waals surface area contributed by atoms with Crippen LogP contribution in [0.15, 0.2) is 30.3 Å². The van der Waals surface area contributed by atoms with Gasteiger partial charge in [0, 0.05) is 13.6 Å². The van der Waals surface area contributed by atoms with Crippen LogP contribution in [-0.2, 0) is 16.1 Å². The van der Waals surface area contributed by atoms with Gasteiger partial charge in [-0.3, -0.25) is 0 Å². The number of amides is 2. The summed E-state index contributed by atoms with van der Waals surface area (Å²) in [6, 6.07) is 8.49. The van der Waals surface area contributed by atoms with Gasteiger partial charge in [0.05, 0.1) is 12.6 Å². The van der Waals surface area contributed by atoms with E-state index in [1.165, 1.54) is 16.8 Å². The molecule has 1 saturated heterocycles. The summed E-state index contributed by atoms with van der Waals surface area (Å²) < 4.78 is 24.8. The number of carbonyl (C=O) groups excluding carboxylic acids is 2. The van der Waals surface area contributed by atoms with Crippen molar-refractivity contribution >= 4 is 12.2 Å². The first kappa shape index (κ1) is 19.0. The third-order valence-electron chi connectivity index (χ3n) is 3.86. The molecule has 0 spiro atoms. The van der Waals surface area contributed by atoms with Crippen LogP contribution in [-0.4, -0.2) is 59.9 Å². The van der Waals surface area contributed by atoms with E-state index in [0.717, 1.165) is 5.56 Å². The minimum atomic E-state index is -1.35. The van der Waals surface area contributed by atoms with Gasteiger partial charge in [-0.05, 0) is 26.3 Å². The largest absolute Gasteiger partial charge is 0.445 e. The summed E-state index contributed by atoms with van der Waals surface area (Å²) in [5, 5.41) is 0. The zero-order valence-electron chi connectivity index (χ0n) is 15.1. The first-order chi connectivity index (χ1) is 11.7. The lowest BCUT2D eigenvalue weighted by Gasteiger charge is -2.26. The molecule has 25 heavy (non-hydrogen) atoms. The smallest absolute Gasteiger partial charge is 0.410 e. The molecule has 0 bridgehead atoms. The molecular weight excluding hydrogens is 327 g/mol. The zero-order chi connectivity index (χ0) is 18.6. The summed E-state index contributed by atoms with van der Waals surface area (Å²) >= 11 is 0. The minimum Gasteiger partial charge on any atom is -0.445 e. The lowest BCUT2D eigenvalue weighted by atomic mass is 10.2. The molecule has 138 valence electrons. The molecule has 2 rings (SSSR count). The summed E-state index contributed by atoms with van der Waals surface area (Å²) in [6.07, 6.45) is -2.55. The number of alkyl halides is 1. The number of rotatable bonds is 3. The Morgan fingerprint density at radius 1 is 1.24 bits per heavy atom. The van der Waals surface area contributed by atoms with Crippen molar-refractivity contribution in [1.82, 2.24) is 9.80 Å². The molecule has 1 aromatic carbocycles. The SMILES string of the molecule is CN(C(=O)OCc1ccccc1)[C@H]1CN(C(=O)OC(C)(C)C)C[C@H]1F. The van der Waals surface area contributed by atoms with Crippen molar-refractivity contribution in [3.8, 4) is 0 Å². The highest BCUT2D eigenvalue weighted by Crippen LogP contribution is 2.21. The van der Waals surface area contributed by atoms with E-state index in [0.29, 0.717) is 0 Å². The van der Waals surface area contributed by atoms with E-state index < -0.39 is 30.0 Å². The van der Waals surface area contributed by atoms with Crippen molar-refractivity contribution in [2.45, 2.75) is 45.2 Å². The van der Waals surface area contributed by atoms with Crippen LogP contribution in [0.4, 0.5) is 14.0 Å². The molecule has 1 aliphatic heterocycles. The fourth-order valence-corrected chi connectivity index (χ4v) is 2.54. The molecule has 0 radical (unpaired) electrons. The number of benzene rings is 1. The predicted octanol–water partition coefficient (Wildman–Crippen LogP) is 3.21. The van der Waals surface area contributed by atoms with Crippen LogP contribution in [0, 0.1) is 0 Å². The number of ether oxygens (including phenoxy) is 2. The average Bonchev–Trinajstić information content (AvgIpc) is 2.93. The van der Waals surface area contributed by atoms with Gasteiger partial charge in [0.2, 0.25) is 0 Å². The topological polar surface area (TPSA) is 59.1 Å². The molecule has 0 aromatic heterocycles. The third kappa shape index (κ3) is 5.34. The Bertz CT molecular complexity index is 603. The number of carbonyl (C=O) groups is 2. The molecular formula is C18H25FN2O4. The Balaban J connectivity index is 1.89. The van der Waals surface area contributed by atoms with Crippen molar-refractivity contribution in [3.63, 3.8) is 0 Å². The average molecular weight is 352 g/mol. The molecule has 0 saturated carbocycles. The first-order valence-corrected chi connectivity index (χ1v) is 8.23. The van der Waals surface area contributed by atoms with E-state index in [-0.39, 0.29) is 19.7 Å². The number of hydrogen-bond acceptors (Lipinski definition) is 4. The van der Waals surface area contributed by atoms with Crippen LogP contribution >= 0.6 is 0 Å². The Morgan fingerprint density at radius 3 is 2.48 bits per heavy atom. The number of hydrogen-bond donors (Lipinski definition) is 0. The molecule has 2 atom stereocenters. The molecule has 1 heterocycles. The van der Waals surface area contributed by atoms with E-state index in [4.69, 9.17) is 9.47 Å². The van der Waals surface area contributed by atoms with Crippen LogP contribution in [0.1, 0.15) is 26.3 Å². The predicted molar refractivity (Wildman–Crippen MR) is 90.9 cm³/mol. The van der Waals surface area contributed by atoms with Crippen LogP contribution in [0.2, 0.25) is 0 Å². The normalized spacial score (nSPS) is 20.3. The van der Waals surface area contributed by atoms with Crippen LogP contribution in [0.5, 0.6) is 0 Å². The summed E-state index contributed by atoms with van der Waals surface area (Å²) in [6.45, 7) is 5.34. The molecule has 0 N–H and O–H groups in total. The molecule has 0 aliphatic carbocycles. The highest BCUT2D eigenvalue weighted by molar-refractivity contribution is 5.70. The van der Waals surface area contributed by atoms with Crippen LogP contribution < -0.4 is 0 Å². The van der Waals surface area contributed by atoms with Gasteiger partial charge in [0.25, 0.3) is 0 Å². The Hall–Kier alpha value is -2.31. The van der Waals surface area contributed by atoms with Gasteiger partial charge < -0.3 is 19.3 Å². The summed E-state index contributed by atoms with van der Waals surface area (Å²) in [5.41, 5.74) is 0.199.